The summed E-state index contributed by atoms with van der Waals surface area (Å²) in [5.41, 5.74) is -0.596. The molecule has 47 heavy (non-hydrogen) atoms. The van der Waals surface area contributed by atoms with Crippen molar-refractivity contribution in [3.8, 4) is 0 Å². The first-order chi connectivity index (χ1) is 22.1. The second-order valence-electron chi connectivity index (χ2n) is 10.9. The van der Waals surface area contributed by atoms with Crippen molar-refractivity contribution in [2.24, 2.45) is 0 Å². The lowest BCUT2D eigenvalue weighted by Crippen LogP contribution is -2.53. The Labute approximate surface area is 263 Å². The number of ether oxygens (including phenoxy) is 1. The molecule has 1 aromatic carbocycles. The number of alkyl halides is 6. The highest BCUT2D eigenvalue weighted by Gasteiger charge is 2.35. The maximum Gasteiger partial charge on any atom is 0.417 e. The van der Waals surface area contributed by atoms with Crippen molar-refractivity contribution in [3.63, 3.8) is 0 Å². The van der Waals surface area contributed by atoms with Crippen LogP contribution >= 0.6 is 0 Å². The Morgan fingerprint density at radius 1 is 1.02 bits per heavy atom. The summed E-state index contributed by atoms with van der Waals surface area (Å²) in [4.78, 5) is 32.1. The summed E-state index contributed by atoms with van der Waals surface area (Å²) < 4.78 is 112. The molecule has 1 aliphatic rings. The molecular formula is C30H29F8N5O4. The molecule has 3 heterocycles. The number of aromatic nitrogens is 2. The number of nitrogens with zero attached hydrogens (tertiary/aromatic N) is 3. The Morgan fingerprint density at radius 2 is 1.72 bits per heavy atom. The maximum absolute atomic E-state index is 14.9. The van der Waals surface area contributed by atoms with Gasteiger partial charge in [0.25, 0.3) is 0 Å². The molecule has 0 aliphatic carbocycles. The van der Waals surface area contributed by atoms with Gasteiger partial charge in [0.15, 0.2) is 0 Å². The first kappa shape index (κ1) is 35.5. The summed E-state index contributed by atoms with van der Waals surface area (Å²) in [6, 6.07) is 5.01. The average Bonchev–Trinajstić information content (AvgIpc) is 2.99. The number of morpholine rings is 1. The number of halogens is 8. The standard InChI is InChI=1S/C30H29F8N5O4/c31-20-3-1-17(2-4-20)24(18-7-19(10-39-9-18)30(36,37)38)8-27(44)42-26-13-40-12-25(32)23(26)6-5-22-11-41-21(15-47-22)14-43(28(45)46)16-29(33,34)35/h1-4,7,9-10,12-13,21-22,24,41H,5-6,8,11,14-16H2,(H,42,44)(H,45,46)/t21-,22+,24-/m0/s1. The van der Waals surface area contributed by atoms with Gasteiger partial charge in [0.05, 0.1) is 36.4 Å². The Kier molecular flexibility index (Phi) is 11.3. The molecule has 254 valence electrons. The van der Waals surface area contributed by atoms with Crippen molar-refractivity contribution >= 4 is 17.7 Å². The zero-order valence-electron chi connectivity index (χ0n) is 24.4. The zero-order chi connectivity index (χ0) is 34.4. The number of benzene rings is 1. The molecule has 3 atom stereocenters. The predicted octanol–water partition coefficient (Wildman–Crippen LogP) is 5.77. The molecule has 1 fully saturated rings. The fraction of sp³-hybridized carbons (Fsp3) is 0.400. The SMILES string of the molecule is O=C(C[C@@H](c1ccc(F)cc1)c1cncc(C(F)(F)F)c1)Nc1cncc(F)c1CC[C@@H]1CN[C@@H](CN(CC(F)(F)F)C(=O)O)CO1. The molecule has 4 rings (SSSR count). The molecule has 1 saturated heterocycles. The van der Waals surface area contributed by atoms with Crippen LogP contribution in [-0.2, 0) is 22.1 Å². The van der Waals surface area contributed by atoms with E-state index in [0.717, 1.165) is 24.4 Å². The van der Waals surface area contributed by atoms with Crippen LogP contribution in [0.5, 0.6) is 0 Å². The monoisotopic (exact) mass is 675 g/mol. The molecule has 3 N–H and O–H groups in total. The van der Waals surface area contributed by atoms with E-state index in [0.29, 0.717) is 11.8 Å². The van der Waals surface area contributed by atoms with Gasteiger partial charge in [-0.3, -0.25) is 19.7 Å². The highest BCUT2D eigenvalue weighted by molar-refractivity contribution is 5.92. The summed E-state index contributed by atoms with van der Waals surface area (Å²) in [6.07, 6.45) is -7.93. The smallest absolute Gasteiger partial charge is 0.417 e. The first-order valence-electron chi connectivity index (χ1n) is 14.2. The number of rotatable bonds is 11. The lowest BCUT2D eigenvalue weighted by molar-refractivity contribution is -0.143. The second kappa shape index (κ2) is 15.0. The lowest BCUT2D eigenvalue weighted by Gasteiger charge is -2.33. The van der Waals surface area contributed by atoms with E-state index in [1.54, 1.807) is 0 Å². The van der Waals surface area contributed by atoms with Crippen molar-refractivity contribution < 1.29 is 54.6 Å². The van der Waals surface area contributed by atoms with Crippen molar-refractivity contribution in [2.45, 2.75) is 49.7 Å². The van der Waals surface area contributed by atoms with E-state index in [4.69, 9.17) is 9.84 Å². The Morgan fingerprint density at radius 3 is 2.34 bits per heavy atom. The van der Waals surface area contributed by atoms with Crippen LogP contribution in [-0.4, -0.2) is 76.5 Å². The van der Waals surface area contributed by atoms with Crippen LogP contribution in [0.2, 0.25) is 0 Å². The van der Waals surface area contributed by atoms with Gasteiger partial charge in [-0.25, -0.2) is 13.6 Å². The molecule has 9 nitrogen and oxygen atoms in total. The van der Waals surface area contributed by atoms with Gasteiger partial charge in [0, 0.05) is 49.4 Å². The quantitative estimate of drug-likeness (QED) is 0.221. The molecular weight excluding hydrogens is 646 g/mol. The number of amides is 2. The van der Waals surface area contributed by atoms with Gasteiger partial charge in [0.2, 0.25) is 5.91 Å². The van der Waals surface area contributed by atoms with E-state index in [-0.39, 0.29) is 47.7 Å². The van der Waals surface area contributed by atoms with Crippen molar-refractivity contribution in [3.05, 3.63) is 89.0 Å². The van der Waals surface area contributed by atoms with E-state index in [1.165, 1.54) is 24.5 Å². The zero-order valence-corrected chi connectivity index (χ0v) is 24.4. The van der Waals surface area contributed by atoms with Gasteiger partial charge in [-0.2, -0.15) is 26.3 Å². The summed E-state index contributed by atoms with van der Waals surface area (Å²) in [5.74, 6) is -3.03. The minimum atomic E-state index is -4.71. The van der Waals surface area contributed by atoms with E-state index in [2.05, 4.69) is 20.6 Å². The molecule has 0 saturated carbocycles. The fourth-order valence-corrected chi connectivity index (χ4v) is 5.11. The third kappa shape index (κ3) is 10.3. The van der Waals surface area contributed by atoms with Crippen LogP contribution < -0.4 is 10.6 Å². The van der Waals surface area contributed by atoms with Crippen LogP contribution in [0.3, 0.4) is 0 Å². The fourth-order valence-electron chi connectivity index (χ4n) is 5.11. The molecule has 0 bridgehead atoms. The van der Waals surface area contributed by atoms with Crippen LogP contribution in [0.1, 0.15) is 41.0 Å². The van der Waals surface area contributed by atoms with Crippen LogP contribution in [0.15, 0.2) is 55.1 Å². The number of carboxylic acid groups (broad SMARTS) is 1. The van der Waals surface area contributed by atoms with Crippen molar-refractivity contribution in [2.75, 3.05) is 31.6 Å². The van der Waals surface area contributed by atoms with Gasteiger partial charge in [-0.15, -0.1) is 0 Å². The number of pyridine rings is 2. The number of hydrogen-bond acceptors (Lipinski definition) is 6. The topological polar surface area (TPSA) is 117 Å². The Hall–Kier alpha value is -4.38. The van der Waals surface area contributed by atoms with Crippen LogP contribution in [0.25, 0.3) is 0 Å². The molecule has 0 unspecified atom stereocenters. The van der Waals surface area contributed by atoms with Gasteiger partial charge >= 0.3 is 18.4 Å². The molecule has 3 aromatic rings. The minimum absolute atomic E-state index is 0.000851. The number of carbonyl (C=O) groups excluding carboxylic acids is 1. The second-order valence-corrected chi connectivity index (χ2v) is 10.9. The van der Waals surface area contributed by atoms with Gasteiger partial charge in [-0.1, -0.05) is 12.1 Å². The van der Waals surface area contributed by atoms with E-state index in [1.807, 2.05) is 0 Å². The average molecular weight is 676 g/mol. The van der Waals surface area contributed by atoms with Crippen molar-refractivity contribution in [1.82, 2.24) is 20.2 Å². The predicted molar refractivity (Wildman–Crippen MR) is 150 cm³/mol. The lowest BCUT2D eigenvalue weighted by atomic mass is 9.88. The summed E-state index contributed by atoms with van der Waals surface area (Å²) >= 11 is 0. The van der Waals surface area contributed by atoms with Gasteiger partial charge in [0.1, 0.15) is 18.2 Å². The number of carbonyl (C=O) groups is 2. The number of anilines is 1. The maximum atomic E-state index is 14.9. The Bertz CT molecular complexity index is 1530. The number of hydrogen-bond donors (Lipinski definition) is 3. The summed E-state index contributed by atoms with van der Waals surface area (Å²) in [6.45, 7) is -2.08. The molecule has 17 heteroatoms. The van der Waals surface area contributed by atoms with Crippen LogP contribution in [0, 0.1) is 11.6 Å². The summed E-state index contributed by atoms with van der Waals surface area (Å²) in [7, 11) is 0. The van der Waals surface area contributed by atoms with Gasteiger partial charge < -0.3 is 20.5 Å². The third-order valence-corrected chi connectivity index (χ3v) is 7.40. The minimum Gasteiger partial charge on any atom is -0.465 e. The molecule has 0 radical (unpaired) electrons. The molecule has 2 aromatic heterocycles. The van der Waals surface area contributed by atoms with E-state index < -0.39 is 79.1 Å². The third-order valence-electron chi connectivity index (χ3n) is 7.40. The van der Waals surface area contributed by atoms with E-state index >= 15 is 0 Å². The highest BCUT2D eigenvalue weighted by atomic mass is 19.4. The number of nitrogens with one attached hydrogen (secondary N) is 2. The summed E-state index contributed by atoms with van der Waals surface area (Å²) in [5, 5.41) is 14.6. The largest absolute Gasteiger partial charge is 0.465 e. The first-order valence-corrected chi connectivity index (χ1v) is 14.2. The van der Waals surface area contributed by atoms with E-state index in [9.17, 15) is 44.7 Å². The molecule has 2 amide bonds. The molecule has 0 spiro atoms. The normalized spacial score (nSPS) is 17.6. The van der Waals surface area contributed by atoms with Gasteiger partial charge in [-0.05, 0) is 42.2 Å². The molecule has 1 aliphatic heterocycles. The van der Waals surface area contributed by atoms with Crippen molar-refractivity contribution in [1.29, 1.82) is 0 Å². The Balaban J connectivity index is 1.41. The van der Waals surface area contributed by atoms with Crippen LogP contribution in [0.4, 0.5) is 45.6 Å². The highest BCUT2D eigenvalue weighted by Crippen LogP contribution is 2.34.